The van der Waals surface area contributed by atoms with Gasteiger partial charge in [0.2, 0.25) is 5.91 Å². The largest absolute Gasteiger partial charge is 0.394 e. The molecule has 4 N–H and O–H groups in total. The van der Waals surface area contributed by atoms with Crippen molar-refractivity contribution >= 4 is 5.91 Å². The molecule has 1 amide bonds. The molecule has 88 valence electrons. The van der Waals surface area contributed by atoms with Crippen LogP contribution < -0.4 is 5.32 Å². The minimum Gasteiger partial charge on any atom is -0.394 e. The average molecular weight is 219 g/mol. The molecule has 5 atom stereocenters. The van der Waals surface area contributed by atoms with Crippen LogP contribution in [0.3, 0.4) is 0 Å². The zero-order valence-corrected chi connectivity index (χ0v) is 8.75. The Bertz CT molecular complexity index is 235. The summed E-state index contributed by atoms with van der Waals surface area (Å²) in [4.78, 5) is 10.9. The van der Waals surface area contributed by atoms with Gasteiger partial charge >= 0.3 is 0 Å². The maximum Gasteiger partial charge on any atom is 0.217 e. The van der Waals surface area contributed by atoms with Crippen molar-refractivity contribution in [1.29, 1.82) is 0 Å². The van der Waals surface area contributed by atoms with Gasteiger partial charge in [0.05, 0.1) is 18.8 Å². The fraction of sp³-hybridized carbons (Fsp3) is 0.889. The summed E-state index contributed by atoms with van der Waals surface area (Å²) in [5.74, 6) is -0.302. The SMILES string of the molecule is CC(=O)NC1C(C)OC(CO)C(O)C1O. The van der Waals surface area contributed by atoms with Gasteiger partial charge in [-0.15, -0.1) is 0 Å². The zero-order chi connectivity index (χ0) is 11.6. The normalized spacial score (nSPS) is 41.3. The second-order valence-electron chi connectivity index (χ2n) is 3.77. The molecule has 0 aliphatic carbocycles. The van der Waals surface area contributed by atoms with Crippen LogP contribution in [0.5, 0.6) is 0 Å². The van der Waals surface area contributed by atoms with Crippen molar-refractivity contribution < 1.29 is 24.9 Å². The number of hydrogen-bond acceptors (Lipinski definition) is 5. The topological polar surface area (TPSA) is 99.0 Å². The van der Waals surface area contributed by atoms with Crippen molar-refractivity contribution in [2.24, 2.45) is 0 Å². The van der Waals surface area contributed by atoms with E-state index < -0.39 is 30.5 Å². The van der Waals surface area contributed by atoms with Crippen molar-refractivity contribution in [3.8, 4) is 0 Å². The predicted octanol–water partition coefficient (Wildman–Crippen LogP) is -2.01. The minimum absolute atomic E-state index is 0.302. The number of rotatable bonds is 2. The lowest BCUT2D eigenvalue weighted by Crippen LogP contribution is -2.63. The van der Waals surface area contributed by atoms with Gasteiger partial charge < -0.3 is 25.4 Å². The van der Waals surface area contributed by atoms with E-state index in [9.17, 15) is 15.0 Å². The summed E-state index contributed by atoms with van der Waals surface area (Å²) in [5, 5.41) is 30.6. The first-order valence-corrected chi connectivity index (χ1v) is 4.87. The molecule has 0 bridgehead atoms. The Kier molecular flexibility index (Phi) is 4.04. The first-order valence-electron chi connectivity index (χ1n) is 4.87. The van der Waals surface area contributed by atoms with Crippen molar-refractivity contribution in [1.82, 2.24) is 5.32 Å². The van der Waals surface area contributed by atoms with E-state index in [2.05, 4.69) is 5.32 Å². The Morgan fingerprint density at radius 2 is 2.00 bits per heavy atom. The van der Waals surface area contributed by atoms with Crippen molar-refractivity contribution in [2.75, 3.05) is 6.61 Å². The first-order chi connectivity index (χ1) is 6.97. The third-order valence-electron chi connectivity index (χ3n) is 2.54. The fourth-order valence-electron chi connectivity index (χ4n) is 1.74. The highest BCUT2D eigenvalue weighted by molar-refractivity contribution is 5.73. The van der Waals surface area contributed by atoms with Crippen molar-refractivity contribution in [3.63, 3.8) is 0 Å². The van der Waals surface area contributed by atoms with Crippen LogP contribution in [0.2, 0.25) is 0 Å². The van der Waals surface area contributed by atoms with Gasteiger partial charge in [-0.2, -0.15) is 0 Å². The minimum atomic E-state index is -1.19. The van der Waals surface area contributed by atoms with E-state index in [0.29, 0.717) is 0 Å². The molecule has 1 saturated heterocycles. The molecule has 1 rings (SSSR count). The Morgan fingerprint density at radius 3 is 2.47 bits per heavy atom. The van der Waals surface area contributed by atoms with E-state index in [1.165, 1.54) is 6.92 Å². The lowest BCUT2D eigenvalue weighted by Gasteiger charge is -2.41. The smallest absolute Gasteiger partial charge is 0.217 e. The lowest BCUT2D eigenvalue weighted by molar-refractivity contribution is -0.190. The van der Waals surface area contributed by atoms with E-state index in [0.717, 1.165) is 0 Å². The van der Waals surface area contributed by atoms with Crippen LogP contribution in [-0.4, -0.2) is 58.3 Å². The predicted molar refractivity (Wildman–Crippen MR) is 51.0 cm³/mol. The number of ether oxygens (including phenoxy) is 1. The van der Waals surface area contributed by atoms with Crippen LogP contribution in [0.25, 0.3) is 0 Å². The van der Waals surface area contributed by atoms with Crippen LogP contribution in [0.1, 0.15) is 13.8 Å². The molecular weight excluding hydrogens is 202 g/mol. The number of aliphatic hydroxyl groups excluding tert-OH is 3. The maximum atomic E-state index is 10.9. The molecule has 0 saturated carbocycles. The van der Waals surface area contributed by atoms with Gasteiger partial charge in [-0.1, -0.05) is 0 Å². The molecule has 1 aliphatic rings. The van der Waals surface area contributed by atoms with Gasteiger partial charge in [0.15, 0.2) is 0 Å². The van der Waals surface area contributed by atoms with Crippen LogP contribution in [0.15, 0.2) is 0 Å². The first kappa shape index (κ1) is 12.4. The van der Waals surface area contributed by atoms with Crippen LogP contribution >= 0.6 is 0 Å². The zero-order valence-electron chi connectivity index (χ0n) is 8.75. The summed E-state index contributed by atoms with van der Waals surface area (Å²) < 4.78 is 5.26. The third kappa shape index (κ3) is 2.66. The standard InChI is InChI=1S/C9H17NO5/c1-4-7(10-5(2)12)9(14)8(13)6(3-11)15-4/h4,6-9,11,13-14H,3H2,1-2H3,(H,10,12). The summed E-state index contributed by atoms with van der Waals surface area (Å²) in [5.41, 5.74) is 0. The quantitative estimate of drug-likeness (QED) is 0.430. The van der Waals surface area contributed by atoms with E-state index in [1.54, 1.807) is 6.92 Å². The Hall–Kier alpha value is -0.690. The number of carbonyl (C=O) groups is 1. The third-order valence-corrected chi connectivity index (χ3v) is 2.54. The van der Waals surface area contributed by atoms with E-state index in [4.69, 9.17) is 9.84 Å². The summed E-state index contributed by atoms with van der Waals surface area (Å²) in [7, 11) is 0. The molecule has 1 heterocycles. The number of amides is 1. The second-order valence-corrected chi connectivity index (χ2v) is 3.77. The molecule has 1 fully saturated rings. The maximum absolute atomic E-state index is 10.9. The summed E-state index contributed by atoms with van der Waals surface area (Å²) in [6, 6.07) is -0.653. The molecule has 0 spiro atoms. The second kappa shape index (κ2) is 4.89. The Morgan fingerprint density at radius 1 is 1.40 bits per heavy atom. The number of hydrogen-bond donors (Lipinski definition) is 4. The van der Waals surface area contributed by atoms with Crippen LogP contribution in [0, 0.1) is 0 Å². The highest BCUT2D eigenvalue weighted by Crippen LogP contribution is 2.20. The number of carbonyl (C=O) groups excluding carboxylic acids is 1. The molecule has 6 nitrogen and oxygen atoms in total. The van der Waals surface area contributed by atoms with E-state index in [1.807, 2.05) is 0 Å². The fourth-order valence-corrected chi connectivity index (χ4v) is 1.74. The van der Waals surface area contributed by atoms with Crippen LogP contribution in [-0.2, 0) is 9.53 Å². The number of nitrogens with one attached hydrogen (secondary N) is 1. The number of aliphatic hydroxyl groups is 3. The van der Waals surface area contributed by atoms with Gasteiger partial charge in [-0.05, 0) is 6.92 Å². The Balaban J connectivity index is 2.70. The molecular formula is C9H17NO5. The van der Waals surface area contributed by atoms with Gasteiger partial charge in [0.1, 0.15) is 18.3 Å². The van der Waals surface area contributed by atoms with Crippen molar-refractivity contribution in [3.05, 3.63) is 0 Å². The molecule has 0 radical (unpaired) electrons. The Labute approximate surface area is 87.9 Å². The van der Waals surface area contributed by atoms with Crippen LogP contribution in [0.4, 0.5) is 0 Å². The van der Waals surface area contributed by atoms with Gasteiger partial charge in [-0.3, -0.25) is 4.79 Å². The molecule has 0 aromatic carbocycles. The lowest BCUT2D eigenvalue weighted by atomic mass is 9.93. The van der Waals surface area contributed by atoms with E-state index >= 15 is 0 Å². The highest BCUT2D eigenvalue weighted by atomic mass is 16.5. The monoisotopic (exact) mass is 219 g/mol. The summed E-state index contributed by atoms with van der Waals surface area (Å²) in [6.07, 6.45) is -3.58. The van der Waals surface area contributed by atoms with Gasteiger partial charge in [0, 0.05) is 6.92 Å². The average Bonchev–Trinajstić information content (AvgIpc) is 2.18. The molecule has 15 heavy (non-hydrogen) atoms. The molecule has 0 aromatic rings. The van der Waals surface area contributed by atoms with Crippen molar-refractivity contribution in [2.45, 2.75) is 44.3 Å². The molecule has 1 aliphatic heterocycles. The molecule has 6 heteroatoms. The van der Waals surface area contributed by atoms with E-state index in [-0.39, 0.29) is 12.5 Å². The molecule has 0 aromatic heterocycles. The van der Waals surface area contributed by atoms with Gasteiger partial charge in [-0.25, -0.2) is 0 Å². The summed E-state index contributed by atoms with van der Waals surface area (Å²) in [6.45, 7) is 2.62. The molecule has 5 unspecified atom stereocenters. The highest BCUT2D eigenvalue weighted by Gasteiger charge is 2.42. The summed E-state index contributed by atoms with van der Waals surface area (Å²) >= 11 is 0. The van der Waals surface area contributed by atoms with Gasteiger partial charge in [0.25, 0.3) is 0 Å².